The van der Waals surface area contributed by atoms with Gasteiger partial charge in [-0.15, -0.1) is 0 Å². The molecule has 2 atom stereocenters. The van der Waals surface area contributed by atoms with Gasteiger partial charge in [0.1, 0.15) is 11.6 Å². The molecule has 3 rings (SSSR count). The van der Waals surface area contributed by atoms with Gasteiger partial charge in [-0.05, 0) is 31.9 Å². The van der Waals surface area contributed by atoms with Crippen molar-refractivity contribution in [3.8, 4) is 0 Å². The molecule has 5 heteroatoms. The molecule has 3 aromatic carbocycles. The Hall–Kier alpha value is -3.41. The fourth-order valence-electron chi connectivity index (χ4n) is 4.06. The summed E-state index contributed by atoms with van der Waals surface area (Å²) in [6.45, 7) is 9.76. The van der Waals surface area contributed by atoms with E-state index in [1.165, 1.54) is 6.92 Å². The predicted octanol–water partition coefficient (Wildman–Crippen LogP) is 6.01. The normalized spacial score (nSPS) is 13.3. The van der Waals surface area contributed by atoms with Crippen LogP contribution in [0, 0.1) is 6.92 Å². The van der Waals surface area contributed by atoms with E-state index in [1.807, 2.05) is 66.7 Å². The summed E-state index contributed by atoms with van der Waals surface area (Å²) in [5, 5.41) is 21.0. The largest absolute Gasteiger partial charge is 0.389 e. The van der Waals surface area contributed by atoms with Crippen LogP contribution in [0.3, 0.4) is 0 Å². The van der Waals surface area contributed by atoms with Crippen LogP contribution in [0.2, 0.25) is 0 Å². The van der Waals surface area contributed by atoms with Crippen LogP contribution in [0.1, 0.15) is 68.4 Å². The van der Waals surface area contributed by atoms with E-state index in [4.69, 9.17) is 0 Å². The topological polar surface area (TPSA) is 91.7 Å². The minimum Gasteiger partial charge on any atom is -0.389 e. The summed E-state index contributed by atoms with van der Waals surface area (Å²) in [6.07, 6.45) is 0.907. The van der Waals surface area contributed by atoms with Crippen molar-refractivity contribution in [2.45, 2.75) is 71.0 Å². The highest BCUT2D eigenvalue weighted by Gasteiger charge is 2.30. The third-order valence-electron chi connectivity index (χ3n) is 5.52. The zero-order valence-corrected chi connectivity index (χ0v) is 23.0. The smallest absolute Gasteiger partial charge is 0.170 e. The summed E-state index contributed by atoms with van der Waals surface area (Å²) in [5.41, 5.74) is 0.369. The highest BCUT2D eigenvalue weighted by molar-refractivity contribution is 6.07. The lowest BCUT2D eigenvalue weighted by atomic mass is 9.85. The van der Waals surface area contributed by atoms with E-state index in [-0.39, 0.29) is 36.6 Å². The van der Waals surface area contributed by atoms with Crippen LogP contribution in [0.4, 0.5) is 0 Å². The van der Waals surface area contributed by atoms with E-state index in [0.717, 1.165) is 11.1 Å². The zero-order valence-electron chi connectivity index (χ0n) is 23.0. The van der Waals surface area contributed by atoms with Crippen molar-refractivity contribution in [2.24, 2.45) is 0 Å². The summed E-state index contributed by atoms with van der Waals surface area (Å²) in [5.74, 6) is -0.330. The first-order valence-electron chi connectivity index (χ1n) is 12.8. The SMILES string of the molecule is CC(=O)CC(=O)c1ccccc1.CC(O)(CC(=O)CC(C)(O)Cc1ccccc1)Cc1ccccc1.[CH2]C. The second-order valence-electron chi connectivity index (χ2n) is 9.88. The van der Waals surface area contributed by atoms with Gasteiger partial charge in [-0.3, -0.25) is 14.4 Å². The molecule has 0 fully saturated rings. The number of aliphatic hydroxyl groups is 2. The number of carbonyl (C=O) groups excluding carboxylic acids is 3. The molecular formula is C33H41O5. The molecule has 2 N–H and O–H groups in total. The molecule has 1 radical (unpaired) electrons. The van der Waals surface area contributed by atoms with Crippen molar-refractivity contribution in [2.75, 3.05) is 0 Å². The second-order valence-corrected chi connectivity index (χ2v) is 9.88. The average Bonchev–Trinajstić information content (AvgIpc) is 2.85. The van der Waals surface area contributed by atoms with Crippen LogP contribution in [0.15, 0.2) is 91.0 Å². The molecule has 0 aromatic heterocycles. The van der Waals surface area contributed by atoms with Crippen molar-refractivity contribution in [1.82, 2.24) is 0 Å². The minimum absolute atomic E-state index is 0.00398. The first-order chi connectivity index (χ1) is 18.0. The number of carbonyl (C=O) groups is 3. The van der Waals surface area contributed by atoms with E-state index in [2.05, 4.69) is 6.92 Å². The number of ketones is 3. The van der Waals surface area contributed by atoms with Gasteiger partial charge in [0.2, 0.25) is 0 Å². The Morgan fingerprint density at radius 3 is 1.34 bits per heavy atom. The van der Waals surface area contributed by atoms with Crippen LogP contribution < -0.4 is 0 Å². The summed E-state index contributed by atoms with van der Waals surface area (Å²) < 4.78 is 0. The van der Waals surface area contributed by atoms with Gasteiger partial charge in [-0.25, -0.2) is 0 Å². The van der Waals surface area contributed by atoms with Gasteiger partial charge in [0, 0.05) is 31.2 Å². The minimum atomic E-state index is -1.11. The van der Waals surface area contributed by atoms with Gasteiger partial charge in [-0.2, -0.15) is 0 Å². The summed E-state index contributed by atoms with van der Waals surface area (Å²) in [4.78, 5) is 34.2. The molecule has 3 aromatic rings. The Bertz CT molecular complexity index is 1050. The Morgan fingerprint density at radius 2 is 1.00 bits per heavy atom. The Morgan fingerprint density at radius 1 is 0.658 bits per heavy atom. The first-order valence-corrected chi connectivity index (χ1v) is 12.8. The molecule has 0 spiro atoms. The quantitative estimate of drug-likeness (QED) is 0.240. The van der Waals surface area contributed by atoms with Crippen LogP contribution in [-0.4, -0.2) is 38.8 Å². The highest BCUT2D eigenvalue weighted by atomic mass is 16.3. The number of hydrogen-bond acceptors (Lipinski definition) is 5. The fourth-order valence-corrected chi connectivity index (χ4v) is 4.06. The van der Waals surface area contributed by atoms with Crippen LogP contribution in [-0.2, 0) is 22.4 Å². The maximum atomic E-state index is 12.3. The molecular weight excluding hydrogens is 476 g/mol. The van der Waals surface area contributed by atoms with Gasteiger partial charge in [0.25, 0.3) is 0 Å². The molecule has 0 bridgehead atoms. The maximum absolute atomic E-state index is 12.3. The van der Waals surface area contributed by atoms with Crippen LogP contribution >= 0.6 is 0 Å². The predicted molar refractivity (Wildman–Crippen MR) is 153 cm³/mol. The van der Waals surface area contributed by atoms with E-state index in [9.17, 15) is 24.6 Å². The lowest BCUT2D eigenvalue weighted by Gasteiger charge is -2.26. The summed E-state index contributed by atoms with van der Waals surface area (Å²) in [6, 6.07) is 28.1. The Labute approximate surface area is 227 Å². The monoisotopic (exact) mass is 517 g/mol. The molecule has 5 nitrogen and oxygen atoms in total. The molecule has 0 aliphatic carbocycles. The Balaban J connectivity index is 0.000000432. The molecule has 203 valence electrons. The van der Waals surface area contributed by atoms with Crippen LogP contribution in [0.25, 0.3) is 0 Å². The summed E-state index contributed by atoms with van der Waals surface area (Å²) >= 11 is 0. The lowest BCUT2D eigenvalue weighted by Crippen LogP contribution is -2.35. The molecule has 2 unspecified atom stereocenters. The average molecular weight is 518 g/mol. The molecule has 0 amide bonds. The molecule has 0 heterocycles. The highest BCUT2D eigenvalue weighted by Crippen LogP contribution is 2.23. The third-order valence-corrected chi connectivity index (χ3v) is 5.52. The van der Waals surface area contributed by atoms with E-state index < -0.39 is 11.2 Å². The molecule has 38 heavy (non-hydrogen) atoms. The summed E-state index contributed by atoms with van der Waals surface area (Å²) in [7, 11) is 0. The fraction of sp³-hybridized carbons (Fsp3) is 0.333. The zero-order chi connectivity index (χ0) is 28.6. The molecule has 0 aliphatic rings. The molecule has 0 aliphatic heterocycles. The van der Waals surface area contributed by atoms with Crippen molar-refractivity contribution in [1.29, 1.82) is 0 Å². The van der Waals surface area contributed by atoms with Gasteiger partial charge in [0.05, 0.1) is 17.6 Å². The van der Waals surface area contributed by atoms with Crippen molar-refractivity contribution in [3.05, 3.63) is 115 Å². The van der Waals surface area contributed by atoms with E-state index in [0.29, 0.717) is 18.4 Å². The van der Waals surface area contributed by atoms with E-state index >= 15 is 0 Å². The van der Waals surface area contributed by atoms with Crippen LogP contribution in [0.5, 0.6) is 0 Å². The van der Waals surface area contributed by atoms with Crippen molar-refractivity contribution in [3.63, 3.8) is 0 Å². The lowest BCUT2D eigenvalue weighted by molar-refractivity contribution is -0.127. The first kappa shape index (κ1) is 32.6. The standard InChI is InChI=1S/C21H26O3.C10H10O2.C2H5/c1-20(23,13-17-9-5-3-6-10-17)15-19(22)16-21(2,24)14-18-11-7-4-8-12-18;1-8(11)7-10(12)9-5-3-2-4-6-9;1-2/h3-12,23-24H,13-16H2,1-2H3;2-6H,7H2,1H3;1H2,2H3. The third kappa shape index (κ3) is 13.8. The number of hydrogen-bond donors (Lipinski definition) is 2. The van der Waals surface area contributed by atoms with Gasteiger partial charge < -0.3 is 10.2 Å². The number of benzene rings is 3. The van der Waals surface area contributed by atoms with Gasteiger partial charge in [-0.1, -0.05) is 105 Å². The maximum Gasteiger partial charge on any atom is 0.170 e. The number of rotatable bonds is 11. The molecule has 0 saturated heterocycles. The second kappa shape index (κ2) is 16.4. The van der Waals surface area contributed by atoms with E-state index in [1.54, 1.807) is 45.0 Å². The van der Waals surface area contributed by atoms with Gasteiger partial charge in [0.15, 0.2) is 5.78 Å². The van der Waals surface area contributed by atoms with Crippen molar-refractivity contribution < 1.29 is 24.6 Å². The Kier molecular flexibility index (Phi) is 14.1. The van der Waals surface area contributed by atoms with Gasteiger partial charge >= 0.3 is 0 Å². The number of Topliss-reactive ketones (excluding diaryl/α,β-unsaturated/α-hetero) is 3. The van der Waals surface area contributed by atoms with Crippen molar-refractivity contribution >= 4 is 17.3 Å². The molecule has 0 saturated carbocycles.